The van der Waals surface area contributed by atoms with Crippen molar-refractivity contribution in [3.8, 4) is 0 Å². The van der Waals surface area contributed by atoms with Gasteiger partial charge in [0.1, 0.15) is 19.3 Å². The third-order valence-corrected chi connectivity index (χ3v) is 18.8. The summed E-state index contributed by atoms with van der Waals surface area (Å²) < 4.78 is 30.6. The lowest BCUT2D eigenvalue weighted by Gasteiger charge is -2.30. The Hall–Kier alpha value is -2.81. The molecule has 0 heterocycles. The van der Waals surface area contributed by atoms with Gasteiger partial charge in [0.05, 0.1) is 33.8 Å². The van der Waals surface area contributed by atoms with E-state index in [2.05, 4.69) is 99.0 Å². The number of esters is 1. The van der Waals surface area contributed by atoms with E-state index >= 15 is 0 Å². The molecule has 0 aliphatic carbocycles. The van der Waals surface area contributed by atoms with E-state index in [0.29, 0.717) is 17.4 Å². The number of hydrogen-bond acceptors (Lipinski definition) is 7. The first kappa shape index (κ1) is 90.2. The Balaban J connectivity index is 4.96. The van der Waals surface area contributed by atoms with Crippen molar-refractivity contribution in [1.82, 2.24) is 5.32 Å². The number of nitrogens with one attached hydrogen (secondary N) is 1. The number of ether oxygens (including phenoxy) is 1. The van der Waals surface area contributed by atoms with Gasteiger partial charge in [0, 0.05) is 12.8 Å². The predicted molar refractivity (Wildman–Crippen MR) is 404 cm³/mol. The second kappa shape index (κ2) is 71.9. The zero-order valence-electron chi connectivity index (χ0n) is 62.2. The Morgan fingerprint density at radius 2 is 0.656 bits per heavy atom. The molecular formula is C83H153N2O7P. The Bertz CT molecular complexity index is 1870. The average molecular weight is 1320 g/mol. The van der Waals surface area contributed by atoms with E-state index in [1.54, 1.807) is 0 Å². The molecule has 0 aromatic heterocycles. The van der Waals surface area contributed by atoms with Crippen molar-refractivity contribution >= 4 is 19.7 Å². The Morgan fingerprint density at radius 3 is 1.00 bits per heavy atom. The van der Waals surface area contributed by atoms with Crippen LogP contribution in [0.2, 0.25) is 0 Å². The van der Waals surface area contributed by atoms with Gasteiger partial charge in [-0.15, -0.1) is 0 Å². The molecule has 0 aromatic carbocycles. The van der Waals surface area contributed by atoms with Crippen LogP contribution >= 0.6 is 7.82 Å². The molecule has 0 saturated heterocycles. The molecule has 93 heavy (non-hydrogen) atoms. The van der Waals surface area contributed by atoms with E-state index in [0.717, 1.165) is 83.5 Å². The van der Waals surface area contributed by atoms with E-state index in [4.69, 9.17) is 13.8 Å². The number of rotatable bonds is 73. The molecule has 3 atom stereocenters. The Kier molecular flexibility index (Phi) is 69.8. The molecule has 3 unspecified atom stereocenters. The topological polar surface area (TPSA) is 114 Å². The van der Waals surface area contributed by atoms with Gasteiger partial charge in [0.15, 0.2) is 0 Å². The van der Waals surface area contributed by atoms with Gasteiger partial charge in [-0.05, 0) is 109 Å². The van der Waals surface area contributed by atoms with Crippen molar-refractivity contribution < 1.29 is 37.3 Å². The van der Waals surface area contributed by atoms with Crippen LogP contribution < -0.4 is 10.2 Å². The second-order valence-corrected chi connectivity index (χ2v) is 29.6. The van der Waals surface area contributed by atoms with Crippen LogP contribution in [0.4, 0.5) is 0 Å². The summed E-state index contributed by atoms with van der Waals surface area (Å²) in [5.41, 5.74) is 0. The number of carbonyl (C=O) groups excluding carboxylic acids is 2. The van der Waals surface area contributed by atoms with Gasteiger partial charge >= 0.3 is 5.97 Å². The van der Waals surface area contributed by atoms with Crippen LogP contribution in [0.1, 0.15) is 380 Å². The zero-order chi connectivity index (χ0) is 67.8. The lowest BCUT2D eigenvalue weighted by molar-refractivity contribution is -0.870. The first-order chi connectivity index (χ1) is 45.4. The van der Waals surface area contributed by atoms with Gasteiger partial charge in [0.2, 0.25) is 5.91 Å². The van der Waals surface area contributed by atoms with Gasteiger partial charge in [-0.25, -0.2) is 0 Å². The minimum atomic E-state index is -4.71. The van der Waals surface area contributed by atoms with Gasteiger partial charge in [0.25, 0.3) is 7.82 Å². The molecule has 1 amide bonds. The van der Waals surface area contributed by atoms with Crippen molar-refractivity contribution in [3.05, 3.63) is 85.1 Å². The number of nitrogens with zero attached hydrogens (tertiary/aromatic N) is 1. The maximum absolute atomic E-state index is 13.7. The summed E-state index contributed by atoms with van der Waals surface area (Å²) in [6, 6.07) is -0.894. The van der Waals surface area contributed by atoms with Crippen molar-refractivity contribution in [2.75, 3.05) is 40.9 Å². The van der Waals surface area contributed by atoms with Crippen molar-refractivity contribution in [3.63, 3.8) is 0 Å². The molecule has 0 aromatic rings. The molecule has 0 spiro atoms. The maximum Gasteiger partial charge on any atom is 0.306 e. The highest BCUT2D eigenvalue weighted by atomic mass is 31.2. The maximum atomic E-state index is 13.7. The fourth-order valence-electron chi connectivity index (χ4n) is 11.7. The van der Waals surface area contributed by atoms with E-state index in [9.17, 15) is 19.0 Å². The molecule has 0 radical (unpaired) electrons. The molecule has 1 N–H and O–H groups in total. The number of phosphoric acid groups is 1. The highest BCUT2D eigenvalue weighted by Crippen LogP contribution is 2.38. The van der Waals surface area contributed by atoms with Crippen molar-refractivity contribution in [1.29, 1.82) is 0 Å². The SMILES string of the molecule is CCCCC/C=C\C/C=C\C/C=C\C/C=C\CCCCCCCCCCCCCC(=O)OC(/C=C/CCCCCCCCCCCCC)C(COP(=O)([O-])OCC[N+](C)(C)C)NC(=O)CCCCCCCCCCCCCCCCCCC/C=C\C/C=C\CCCCC. The van der Waals surface area contributed by atoms with E-state index in [1.165, 1.54) is 263 Å². The van der Waals surface area contributed by atoms with Gasteiger partial charge < -0.3 is 28.5 Å². The summed E-state index contributed by atoms with van der Waals surface area (Å²) in [5, 5.41) is 3.06. The molecule has 0 fully saturated rings. The quantitative estimate of drug-likeness (QED) is 0.0212. The largest absolute Gasteiger partial charge is 0.756 e. The van der Waals surface area contributed by atoms with Gasteiger partial charge in [-0.3, -0.25) is 14.2 Å². The summed E-state index contributed by atoms with van der Waals surface area (Å²) in [6.07, 6.45) is 97.2. The number of unbranched alkanes of at least 4 members (excludes halogenated alkanes) is 45. The normalized spacial score (nSPS) is 13.8. The fourth-order valence-corrected chi connectivity index (χ4v) is 12.4. The third-order valence-electron chi connectivity index (χ3n) is 17.8. The molecule has 0 bridgehead atoms. The predicted octanol–water partition coefficient (Wildman–Crippen LogP) is 25.4. The molecular weight excluding hydrogens is 1170 g/mol. The third kappa shape index (κ3) is 73.3. The minimum Gasteiger partial charge on any atom is -0.756 e. The Labute approximate surface area is 577 Å². The molecule has 0 saturated carbocycles. The monoisotopic (exact) mass is 1320 g/mol. The van der Waals surface area contributed by atoms with Crippen LogP contribution in [0.15, 0.2) is 85.1 Å². The summed E-state index contributed by atoms with van der Waals surface area (Å²) >= 11 is 0. The smallest absolute Gasteiger partial charge is 0.306 e. The first-order valence-corrected chi connectivity index (χ1v) is 41.4. The molecule has 10 heteroatoms. The Morgan fingerprint density at radius 1 is 0.376 bits per heavy atom. The lowest BCUT2D eigenvalue weighted by Crippen LogP contribution is -2.47. The highest BCUT2D eigenvalue weighted by molar-refractivity contribution is 7.45. The van der Waals surface area contributed by atoms with E-state index in [1.807, 2.05) is 33.3 Å². The number of amides is 1. The van der Waals surface area contributed by atoms with E-state index < -0.39 is 20.0 Å². The fraction of sp³-hybridized carbons (Fsp3) is 0.807. The second-order valence-electron chi connectivity index (χ2n) is 28.2. The highest BCUT2D eigenvalue weighted by Gasteiger charge is 2.27. The van der Waals surface area contributed by atoms with E-state index in [-0.39, 0.29) is 31.5 Å². The van der Waals surface area contributed by atoms with Gasteiger partial charge in [-0.1, -0.05) is 344 Å². The molecule has 0 aliphatic heterocycles. The summed E-state index contributed by atoms with van der Waals surface area (Å²) in [4.78, 5) is 40.4. The molecule has 0 aliphatic rings. The molecule has 542 valence electrons. The van der Waals surface area contributed by atoms with Crippen LogP contribution in [0.5, 0.6) is 0 Å². The number of phosphoric ester groups is 1. The number of hydrogen-bond donors (Lipinski definition) is 1. The summed E-state index contributed by atoms with van der Waals surface area (Å²) in [7, 11) is 1.19. The number of carbonyl (C=O) groups is 2. The number of likely N-dealkylation sites (N-methyl/N-ethyl adjacent to an activating group) is 1. The standard InChI is InChI=1S/C83H153N2O7P/c1-7-10-13-16-19-22-25-28-30-32-34-36-38-40-42-44-46-48-50-52-54-57-60-63-66-69-72-75-82(86)84-80(79-91-93(88,89)90-78-77-85(4,5)6)81(74-71-68-65-62-59-56-27-24-21-18-15-12-9-3)92-83(87)76-73-70-67-64-61-58-55-53-51-49-47-45-43-41-39-37-35-33-31-29-26-23-20-17-14-11-8-2/h19-20,22-23,28-31,35,37,41,43,71,74,80-81H,7-18,21,24-27,32-34,36,38-40,42,44-70,72-73,75-79H2,1-6H3,(H-,84,86,88,89)/b22-19-,23-20-,30-28-,31-29-,37-35-,43-41-,74-71+. The van der Waals surface area contributed by atoms with Crippen LogP contribution in [-0.2, 0) is 27.9 Å². The summed E-state index contributed by atoms with van der Waals surface area (Å²) in [6.45, 7) is 6.84. The lowest BCUT2D eigenvalue weighted by atomic mass is 10.0. The van der Waals surface area contributed by atoms with Crippen molar-refractivity contribution in [2.45, 2.75) is 392 Å². The molecule has 9 nitrogen and oxygen atoms in total. The van der Waals surface area contributed by atoms with Crippen LogP contribution in [-0.4, -0.2) is 69.4 Å². The number of quaternary nitrogens is 1. The number of allylic oxidation sites excluding steroid dienone is 13. The average Bonchev–Trinajstić information content (AvgIpc) is 2.15. The first-order valence-electron chi connectivity index (χ1n) is 39.9. The zero-order valence-corrected chi connectivity index (χ0v) is 63.1. The van der Waals surface area contributed by atoms with Crippen LogP contribution in [0.3, 0.4) is 0 Å². The van der Waals surface area contributed by atoms with Crippen LogP contribution in [0, 0.1) is 0 Å². The summed E-state index contributed by atoms with van der Waals surface area (Å²) in [5.74, 6) is -0.530. The van der Waals surface area contributed by atoms with Crippen LogP contribution in [0.25, 0.3) is 0 Å². The van der Waals surface area contributed by atoms with Gasteiger partial charge in [-0.2, -0.15) is 0 Å². The minimum absolute atomic E-state index is 0.0236. The van der Waals surface area contributed by atoms with Crippen molar-refractivity contribution in [2.24, 2.45) is 0 Å². The molecule has 0 rings (SSSR count).